The van der Waals surface area contributed by atoms with Crippen LogP contribution < -0.4 is 5.32 Å². The first-order valence-electron chi connectivity index (χ1n) is 6.76. The maximum Gasteiger partial charge on any atom is 0.0527 e. The summed E-state index contributed by atoms with van der Waals surface area (Å²) in [5, 5.41) is 12.9. The van der Waals surface area contributed by atoms with Gasteiger partial charge in [-0.1, -0.05) is 24.3 Å². The zero-order valence-corrected chi connectivity index (χ0v) is 10.3. The number of aliphatic hydroxyl groups excluding tert-OH is 1. The Kier molecular flexibility index (Phi) is 2.93. The van der Waals surface area contributed by atoms with Crippen molar-refractivity contribution in [1.82, 2.24) is 5.32 Å². The minimum atomic E-state index is 0.115. The van der Waals surface area contributed by atoms with Gasteiger partial charge < -0.3 is 10.4 Å². The molecule has 0 aromatic heterocycles. The molecule has 2 aliphatic rings. The van der Waals surface area contributed by atoms with Gasteiger partial charge in [0.05, 0.1) is 6.61 Å². The highest BCUT2D eigenvalue weighted by atomic mass is 16.3. The van der Waals surface area contributed by atoms with Gasteiger partial charge in [-0.3, -0.25) is 0 Å². The fourth-order valence-electron chi connectivity index (χ4n) is 2.90. The van der Waals surface area contributed by atoms with Gasteiger partial charge >= 0.3 is 0 Å². The maximum absolute atomic E-state index is 9.40. The van der Waals surface area contributed by atoms with Crippen LogP contribution in [0, 0.1) is 0 Å². The monoisotopic (exact) mass is 231 g/mol. The zero-order valence-electron chi connectivity index (χ0n) is 10.3. The fraction of sp³-hybridized carbons (Fsp3) is 0.600. The lowest BCUT2D eigenvalue weighted by molar-refractivity contribution is 0.255. The van der Waals surface area contributed by atoms with E-state index in [1.165, 1.54) is 30.5 Å². The minimum absolute atomic E-state index is 0.115. The molecule has 3 rings (SSSR count). The Morgan fingerprint density at radius 3 is 2.53 bits per heavy atom. The summed E-state index contributed by atoms with van der Waals surface area (Å²) >= 11 is 0. The predicted octanol–water partition coefficient (Wildman–Crippen LogP) is 2.00. The van der Waals surface area contributed by atoms with Crippen molar-refractivity contribution < 1.29 is 5.11 Å². The summed E-state index contributed by atoms with van der Waals surface area (Å²) in [5.74, 6) is 0. The smallest absolute Gasteiger partial charge is 0.0527 e. The SMILES string of the molecule is OCC1(c2ccc(CC3CCCN3)cc2)CC1. The lowest BCUT2D eigenvalue weighted by Crippen LogP contribution is -2.23. The molecule has 0 radical (unpaired) electrons. The van der Waals surface area contributed by atoms with Crippen molar-refractivity contribution in [2.45, 2.75) is 43.6 Å². The minimum Gasteiger partial charge on any atom is -0.395 e. The van der Waals surface area contributed by atoms with E-state index >= 15 is 0 Å². The van der Waals surface area contributed by atoms with Gasteiger partial charge in [-0.25, -0.2) is 0 Å². The molecule has 1 saturated carbocycles. The molecule has 17 heavy (non-hydrogen) atoms. The number of nitrogens with one attached hydrogen (secondary N) is 1. The highest BCUT2D eigenvalue weighted by molar-refractivity contribution is 5.34. The summed E-state index contributed by atoms with van der Waals surface area (Å²) in [6, 6.07) is 9.59. The van der Waals surface area contributed by atoms with Crippen molar-refractivity contribution in [3.05, 3.63) is 35.4 Å². The third kappa shape index (κ3) is 2.24. The van der Waals surface area contributed by atoms with Gasteiger partial charge in [0.25, 0.3) is 0 Å². The first-order chi connectivity index (χ1) is 8.32. The Bertz CT molecular complexity index is 374. The van der Waals surface area contributed by atoms with E-state index in [-0.39, 0.29) is 5.41 Å². The van der Waals surface area contributed by atoms with E-state index in [0.29, 0.717) is 12.6 Å². The second-order valence-corrected chi connectivity index (χ2v) is 5.63. The van der Waals surface area contributed by atoms with Gasteiger partial charge in [-0.2, -0.15) is 0 Å². The Morgan fingerprint density at radius 1 is 1.24 bits per heavy atom. The van der Waals surface area contributed by atoms with Crippen LogP contribution in [-0.4, -0.2) is 24.3 Å². The summed E-state index contributed by atoms with van der Waals surface area (Å²) < 4.78 is 0. The van der Waals surface area contributed by atoms with Crippen molar-refractivity contribution in [3.63, 3.8) is 0 Å². The molecular formula is C15H21NO. The van der Waals surface area contributed by atoms with Crippen molar-refractivity contribution in [3.8, 4) is 0 Å². The number of rotatable bonds is 4. The zero-order chi connectivity index (χ0) is 11.7. The Hall–Kier alpha value is -0.860. The molecule has 1 unspecified atom stereocenters. The van der Waals surface area contributed by atoms with E-state index < -0.39 is 0 Å². The van der Waals surface area contributed by atoms with Crippen LogP contribution >= 0.6 is 0 Å². The van der Waals surface area contributed by atoms with Crippen LogP contribution in [0.4, 0.5) is 0 Å². The summed E-state index contributed by atoms with van der Waals surface area (Å²) in [6.07, 6.45) is 6.06. The molecule has 0 bridgehead atoms. The van der Waals surface area contributed by atoms with Crippen LogP contribution in [0.2, 0.25) is 0 Å². The van der Waals surface area contributed by atoms with E-state index in [9.17, 15) is 5.11 Å². The highest BCUT2D eigenvalue weighted by Gasteiger charge is 2.43. The van der Waals surface area contributed by atoms with Crippen molar-refractivity contribution in [2.75, 3.05) is 13.2 Å². The van der Waals surface area contributed by atoms with Gasteiger partial charge in [-0.05, 0) is 49.8 Å². The lowest BCUT2D eigenvalue weighted by Gasteiger charge is -2.14. The quantitative estimate of drug-likeness (QED) is 0.831. The number of hydrogen-bond acceptors (Lipinski definition) is 2. The van der Waals surface area contributed by atoms with Crippen LogP contribution in [0.3, 0.4) is 0 Å². The average Bonchev–Trinajstić information content (AvgIpc) is 3.01. The Labute approximate surface area is 103 Å². The fourth-order valence-corrected chi connectivity index (χ4v) is 2.90. The molecule has 0 spiro atoms. The van der Waals surface area contributed by atoms with Gasteiger partial charge in [-0.15, -0.1) is 0 Å². The highest BCUT2D eigenvalue weighted by Crippen LogP contribution is 2.47. The predicted molar refractivity (Wildman–Crippen MR) is 69.2 cm³/mol. The molecule has 1 atom stereocenters. The topological polar surface area (TPSA) is 32.3 Å². The molecule has 1 aliphatic heterocycles. The normalized spacial score (nSPS) is 26.1. The summed E-state index contributed by atoms with van der Waals surface area (Å²) in [4.78, 5) is 0. The lowest BCUT2D eigenvalue weighted by atomic mass is 9.94. The third-order valence-electron chi connectivity index (χ3n) is 4.37. The molecule has 2 N–H and O–H groups in total. The average molecular weight is 231 g/mol. The molecule has 1 aromatic carbocycles. The second-order valence-electron chi connectivity index (χ2n) is 5.63. The first kappa shape index (κ1) is 11.2. The van der Waals surface area contributed by atoms with Crippen molar-refractivity contribution in [1.29, 1.82) is 0 Å². The molecule has 1 aromatic rings. The molecular weight excluding hydrogens is 210 g/mol. The second kappa shape index (κ2) is 4.43. The van der Waals surface area contributed by atoms with E-state index in [4.69, 9.17) is 0 Å². The van der Waals surface area contributed by atoms with E-state index in [1.54, 1.807) is 0 Å². The van der Waals surface area contributed by atoms with Crippen LogP contribution in [0.5, 0.6) is 0 Å². The summed E-state index contributed by atoms with van der Waals surface area (Å²) in [6.45, 7) is 1.48. The molecule has 2 nitrogen and oxygen atoms in total. The number of benzene rings is 1. The molecule has 0 amide bonds. The van der Waals surface area contributed by atoms with E-state index in [2.05, 4.69) is 29.6 Å². The maximum atomic E-state index is 9.40. The molecule has 2 fully saturated rings. The van der Waals surface area contributed by atoms with Crippen molar-refractivity contribution in [2.24, 2.45) is 0 Å². The van der Waals surface area contributed by atoms with Gasteiger partial charge in [0.2, 0.25) is 0 Å². The van der Waals surface area contributed by atoms with Crippen LogP contribution in [0.1, 0.15) is 36.8 Å². The molecule has 1 saturated heterocycles. The van der Waals surface area contributed by atoms with Crippen LogP contribution in [-0.2, 0) is 11.8 Å². The molecule has 92 valence electrons. The molecule has 1 aliphatic carbocycles. The largest absolute Gasteiger partial charge is 0.395 e. The number of aliphatic hydroxyl groups is 1. The van der Waals surface area contributed by atoms with Gasteiger partial charge in [0, 0.05) is 11.5 Å². The van der Waals surface area contributed by atoms with E-state index in [1.807, 2.05) is 0 Å². The summed E-state index contributed by atoms with van der Waals surface area (Å²) in [5.41, 5.74) is 2.86. The van der Waals surface area contributed by atoms with Crippen molar-refractivity contribution >= 4 is 0 Å². The van der Waals surface area contributed by atoms with Crippen LogP contribution in [0.25, 0.3) is 0 Å². The summed E-state index contributed by atoms with van der Waals surface area (Å²) in [7, 11) is 0. The van der Waals surface area contributed by atoms with E-state index in [0.717, 1.165) is 19.3 Å². The molecule has 1 heterocycles. The number of hydrogen-bond donors (Lipinski definition) is 2. The van der Waals surface area contributed by atoms with Gasteiger partial charge in [0.1, 0.15) is 0 Å². The Morgan fingerprint density at radius 2 is 2.00 bits per heavy atom. The first-order valence-corrected chi connectivity index (χ1v) is 6.76. The Balaban J connectivity index is 1.67. The van der Waals surface area contributed by atoms with Gasteiger partial charge in [0.15, 0.2) is 0 Å². The molecule has 2 heteroatoms. The standard InChI is InChI=1S/C15H21NO/c17-11-15(7-8-15)13-5-3-12(4-6-13)10-14-2-1-9-16-14/h3-6,14,16-17H,1-2,7-11H2. The third-order valence-corrected chi connectivity index (χ3v) is 4.37. The van der Waals surface area contributed by atoms with Crippen LogP contribution in [0.15, 0.2) is 24.3 Å².